The van der Waals surface area contributed by atoms with E-state index >= 15 is 0 Å². The molecule has 1 saturated carbocycles. The van der Waals surface area contributed by atoms with Crippen LogP contribution in [0.25, 0.3) is 0 Å². The van der Waals surface area contributed by atoms with E-state index in [-0.39, 0.29) is 17.7 Å². The monoisotopic (exact) mass is 253 g/mol. The van der Waals surface area contributed by atoms with Gasteiger partial charge >= 0.3 is 5.97 Å². The molecule has 4 nitrogen and oxygen atoms in total. The first-order chi connectivity index (χ1) is 8.61. The minimum absolute atomic E-state index is 0.159. The zero-order valence-electron chi connectivity index (χ0n) is 11.0. The van der Waals surface area contributed by atoms with E-state index in [4.69, 9.17) is 5.11 Å². The van der Waals surface area contributed by atoms with E-state index in [0.717, 1.165) is 51.6 Å². The molecule has 0 aromatic heterocycles. The molecule has 1 saturated heterocycles. The standard InChI is InChI=1S/C14H23NO3/c16-12(15-8-4-1-5-9-15)10-14(11-13(17)18)6-2-3-7-14/h1-11H2,(H,17,18). The lowest BCUT2D eigenvalue weighted by Crippen LogP contribution is -2.39. The lowest BCUT2D eigenvalue weighted by Gasteiger charge is -2.32. The lowest BCUT2D eigenvalue weighted by molar-refractivity contribution is -0.141. The van der Waals surface area contributed by atoms with Gasteiger partial charge in [-0.2, -0.15) is 0 Å². The molecule has 2 fully saturated rings. The molecule has 4 heteroatoms. The molecule has 0 spiro atoms. The van der Waals surface area contributed by atoms with Crippen molar-refractivity contribution in [1.82, 2.24) is 4.90 Å². The quantitative estimate of drug-likeness (QED) is 0.837. The van der Waals surface area contributed by atoms with Gasteiger partial charge in [-0.1, -0.05) is 12.8 Å². The number of hydrogen-bond donors (Lipinski definition) is 1. The van der Waals surface area contributed by atoms with Crippen LogP contribution in [0.4, 0.5) is 0 Å². The largest absolute Gasteiger partial charge is 0.481 e. The molecule has 1 aliphatic heterocycles. The van der Waals surface area contributed by atoms with E-state index in [9.17, 15) is 9.59 Å². The van der Waals surface area contributed by atoms with Crippen LogP contribution in [0.1, 0.15) is 57.8 Å². The van der Waals surface area contributed by atoms with Gasteiger partial charge in [-0.25, -0.2) is 0 Å². The third-order valence-corrected chi connectivity index (χ3v) is 4.43. The van der Waals surface area contributed by atoms with E-state index in [1.807, 2.05) is 4.90 Å². The average Bonchev–Trinajstić information content (AvgIpc) is 2.77. The lowest BCUT2D eigenvalue weighted by atomic mass is 9.79. The van der Waals surface area contributed by atoms with Crippen LogP contribution in [0.3, 0.4) is 0 Å². The summed E-state index contributed by atoms with van der Waals surface area (Å²) in [6, 6.07) is 0. The van der Waals surface area contributed by atoms with E-state index in [2.05, 4.69) is 0 Å². The van der Waals surface area contributed by atoms with Gasteiger partial charge in [-0.3, -0.25) is 9.59 Å². The Labute approximate surface area is 108 Å². The van der Waals surface area contributed by atoms with Crippen LogP contribution in [0.2, 0.25) is 0 Å². The third-order valence-electron chi connectivity index (χ3n) is 4.43. The molecule has 0 aromatic rings. The molecule has 18 heavy (non-hydrogen) atoms. The fourth-order valence-electron chi connectivity index (χ4n) is 3.44. The van der Waals surface area contributed by atoms with Crippen LogP contribution in [0.5, 0.6) is 0 Å². The normalized spacial score (nSPS) is 23.0. The van der Waals surface area contributed by atoms with Gasteiger partial charge in [-0.15, -0.1) is 0 Å². The summed E-state index contributed by atoms with van der Waals surface area (Å²) >= 11 is 0. The SMILES string of the molecule is O=C(O)CC1(CC(=O)N2CCCCC2)CCCC1. The fraction of sp³-hybridized carbons (Fsp3) is 0.857. The van der Waals surface area contributed by atoms with Crippen molar-refractivity contribution in [3.8, 4) is 0 Å². The second-order valence-corrected chi connectivity index (χ2v) is 5.90. The Bertz CT molecular complexity index is 315. The number of amides is 1. The molecule has 0 aromatic carbocycles. The number of carboxylic acids is 1. The predicted molar refractivity (Wildman–Crippen MR) is 68.2 cm³/mol. The van der Waals surface area contributed by atoms with Crippen LogP contribution in [0.15, 0.2) is 0 Å². The molecule has 102 valence electrons. The summed E-state index contributed by atoms with van der Waals surface area (Å²) in [7, 11) is 0. The first kappa shape index (κ1) is 13.4. The summed E-state index contributed by atoms with van der Waals surface area (Å²) in [6.07, 6.45) is 7.95. The Balaban J connectivity index is 1.95. The van der Waals surface area contributed by atoms with Gasteiger partial charge in [-0.05, 0) is 37.5 Å². The molecule has 0 unspecified atom stereocenters. The Morgan fingerprint density at radius 1 is 0.944 bits per heavy atom. The summed E-state index contributed by atoms with van der Waals surface area (Å²) in [6.45, 7) is 1.73. The summed E-state index contributed by atoms with van der Waals surface area (Å²) in [5.41, 5.74) is -0.250. The maximum Gasteiger partial charge on any atom is 0.303 e. The van der Waals surface area contributed by atoms with Crippen LogP contribution in [-0.2, 0) is 9.59 Å². The van der Waals surface area contributed by atoms with E-state index < -0.39 is 5.97 Å². The van der Waals surface area contributed by atoms with Crippen molar-refractivity contribution in [3.63, 3.8) is 0 Å². The van der Waals surface area contributed by atoms with Gasteiger partial charge in [0.05, 0.1) is 6.42 Å². The fourth-order valence-corrected chi connectivity index (χ4v) is 3.44. The number of rotatable bonds is 4. The maximum atomic E-state index is 12.3. The van der Waals surface area contributed by atoms with Crippen LogP contribution in [0, 0.1) is 5.41 Å². The van der Waals surface area contributed by atoms with Crippen molar-refractivity contribution in [1.29, 1.82) is 0 Å². The van der Waals surface area contributed by atoms with Crippen molar-refractivity contribution >= 4 is 11.9 Å². The summed E-state index contributed by atoms with van der Waals surface area (Å²) in [5.74, 6) is -0.582. The molecule has 1 aliphatic carbocycles. The van der Waals surface area contributed by atoms with Crippen molar-refractivity contribution in [3.05, 3.63) is 0 Å². The highest BCUT2D eigenvalue weighted by molar-refractivity contribution is 5.78. The molecule has 2 aliphatic rings. The third kappa shape index (κ3) is 3.24. The van der Waals surface area contributed by atoms with Crippen molar-refractivity contribution < 1.29 is 14.7 Å². The highest BCUT2D eigenvalue weighted by Crippen LogP contribution is 2.44. The van der Waals surface area contributed by atoms with Crippen LogP contribution < -0.4 is 0 Å². The highest BCUT2D eigenvalue weighted by Gasteiger charge is 2.39. The van der Waals surface area contributed by atoms with Gasteiger partial charge in [0.2, 0.25) is 5.91 Å². The molecule has 0 atom stereocenters. The average molecular weight is 253 g/mol. The first-order valence-corrected chi connectivity index (χ1v) is 7.11. The second kappa shape index (κ2) is 5.72. The van der Waals surface area contributed by atoms with Gasteiger partial charge in [0.15, 0.2) is 0 Å². The molecular formula is C14H23NO3. The van der Waals surface area contributed by atoms with Crippen LogP contribution >= 0.6 is 0 Å². The van der Waals surface area contributed by atoms with E-state index in [0.29, 0.717) is 6.42 Å². The number of piperidine rings is 1. The molecular weight excluding hydrogens is 230 g/mol. The molecule has 0 radical (unpaired) electrons. The van der Waals surface area contributed by atoms with Crippen molar-refractivity contribution in [2.75, 3.05) is 13.1 Å². The van der Waals surface area contributed by atoms with Gasteiger partial charge in [0.25, 0.3) is 0 Å². The molecule has 1 heterocycles. The number of carboxylic acid groups (broad SMARTS) is 1. The van der Waals surface area contributed by atoms with Gasteiger partial charge in [0.1, 0.15) is 0 Å². The Hall–Kier alpha value is -1.06. The summed E-state index contributed by atoms with van der Waals surface area (Å²) in [5, 5.41) is 9.04. The van der Waals surface area contributed by atoms with E-state index in [1.165, 1.54) is 6.42 Å². The Kier molecular flexibility index (Phi) is 4.25. The second-order valence-electron chi connectivity index (χ2n) is 5.90. The highest BCUT2D eigenvalue weighted by atomic mass is 16.4. The van der Waals surface area contributed by atoms with Crippen molar-refractivity contribution in [2.45, 2.75) is 57.8 Å². The molecule has 0 bridgehead atoms. The zero-order chi connectivity index (χ0) is 13.0. The molecule has 2 rings (SSSR count). The van der Waals surface area contributed by atoms with Gasteiger partial charge < -0.3 is 10.0 Å². The summed E-state index contributed by atoms with van der Waals surface area (Å²) < 4.78 is 0. The molecule has 1 N–H and O–H groups in total. The topological polar surface area (TPSA) is 57.6 Å². The minimum Gasteiger partial charge on any atom is -0.481 e. The first-order valence-electron chi connectivity index (χ1n) is 7.11. The van der Waals surface area contributed by atoms with Gasteiger partial charge in [0, 0.05) is 19.5 Å². The maximum absolute atomic E-state index is 12.3. The number of hydrogen-bond acceptors (Lipinski definition) is 2. The minimum atomic E-state index is -0.761. The Morgan fingerprint density at radius 2 is 1.56 bits per heavy atom. The number of nitrogens with zero attached hydrogens (tertiary/aromatic N) is 1. The molecule has 1 amide bonds. The number of aliphatic carboxylic acids is 1. The number of carbonyl (C=O) groups is 2. The predicted octanol–water partition coefficient (Wildman–Crippen LogP) is 2.42. The van der Waals surface area contributed by atoms with Crippen LogP contribution in [-0.4, -0.2) is 35.0 Å². The number of carbonyl (C=O) groups excluding carboxylic acids is 1. The number of likely N-dealkylation sites (tertiary alicyclic amines) is 1. The van der Waals surface area contributed by atoms with E-state index in [1.54, 1.807) is 0 Å². The Morgan fingerprint density at radius 3 is 2.11 bits per heavy atom. The summed E-state index contributed by atoms with van der Waals surface area (Å²) in [4.78, 5) is 25.2. The zero-order valence-corrected chi connectivity index (χ0v) is 11.0. The van der Waals surface area contributed by atoms with Crippen molar-refractivity contribution in [2.24, 2.45) is 5.41 Å². The smallest absolute Gasteiger partial charge is 0.303 e.